The quantitative estimate of drug-likeness (QED) is 0.485. The number of nitro groups is 1. The monoisotopic (exact) mass is 278 g/mol. The van der Waals surface area contributed by atoms with Gasteiger partial charge >= 0.3 is 5.69 Å². The second-order valence-corrected chi connectivity index (χ2v) is 5.79. The summed E-state index contributed by atoms with van der Waals surface area (Å²) in [6.45, 7) is 3.36. The smallest absolute Gasteiger partial charge is 0.258 e. The molecule has 0 atom stereocenters. The molecule has 2 aromatic rings. The zero-order chi connectivity index (χ0) is 14.0. The summed E-state index contributed by atoms with van der Waals surface area (Å²) in [4.78, 5) is 13.9. The maximum Gasteiger partial charge on any atom is 0.306 e. The van der Waals surface area contributed by atoms with Gasteiger partial charge in [-0.05, 0) is 6.07 Å². The minimum atomic E-state index is -3.81. The molecule has 1 aromatic carbocycles. The van der Waals surface area contributed by atoms with Crippen LogP contribution < -0.4 is 0 Å². The average molecular weight is 278 g/mol. The standard InChI is InChI=1S/C12H10N2O4S/c1-2-7-19(17,18)12-9-5-3-4-6-10(9)13-8-11(12)14(15)16/h2-6,8H,1,7H2. The second kappa shape index (κ2) is 4.77. The molecular weight excluding hydrogens is 268 g/mol. The summed E-state index contributed by atoms with van der Waals surface area (Å²) in [5.74, 6) is -0.359. The lowest BCUT2D eigenvalue weighted by Crippen LogP contribution is -2.09. The molecule has 0 saturated heterocycles. The van der Waals surface area contributed by atoms with E-state index in [1.54, 1.807) is 18.2 Å². The summed E-state index contributed by atoms with van der Waals surface area (Å²) >= 11 is 0. The first-order valence-corrected chi connectivity index (χ1v) is 6.98. The lowest BCUT2D eigenvalue weighted by Gasteiger charge is -2.06. The van der Waals surface area contributed by atoms with Crippen LogP contribution in [-0.4, -0.2) is 24.1 Å². The number of benzene rings is 1. The van der Waals surface area contributed by atoms with Gasteiger partial charge in [-0.25, -0.2) is 13.4 Å². The molecule has 7 heteroatoms. The van der Waals surface area contributed by atoms with Crippen LogP contribution in [0, 0.1) is 10.1 Å². The molecule has 1 aromatic heterocycles. The fourth-order valence-electron chi connectivity index (χ4n) is 1.80. The minimum Gasteiger partial charge on any atom is -0.258 e. The molecule has 6 nitrogen and oxygen atoms in total. The number of hydrogen-bond acceptors (Lipinski definition) is 5. The van der Waals surface area contributed by atoms with Crippen molar-refractivity contribution in [1.82, 2.24) is 4.98 Å². The maximum atomic E-state index is 12.2. The van der Waals surface area contributed by atoms with E-state index >= 15 is 0 Å². The van der Waals surface area contributed by atoms with Gasteiger partial charge in [-0.1, -0.05) is 24.3 Å². The number of nitrogens with zero attached hydrogens (tertiary/aromatic N) is 2. The number of aromatic nitrogens is 1. The van der Waals surface area contributed by atoms with E-state index in [2.05, 4.69) is 11.6 Å². The molecule has 0 aliphatic rings. The molecule has 0 radical (unpaired) electrons. The molecule has 0 amide bonds. The lowest BCUT2D eigenvalue weighted by molar-refractivity contribution is -0.387. The highest BCUT2D eigenvalue weighted by molar-refractivity contribution is 7.92. The van der Waals surface area contributed by atoms with Crippen LogP contribution in [0.25, 0.3) is 10.9 Å². The molecule has 0 spiro atoms. The van der Waals surface area contributed by atoms with Crippen molar-refractivity contribution in [3.8, 4) is 0 Å². The van der Waals surface area contributed by atoms with Crippen LogP contribution in [0.3, 0.4) is 0 Å². The highest BCUT2D eigenvalue weighted by atomic mass is 32.2. The molecule has 0 saturated carbocycles. The highest BCUT2D eigenvalue weighted by Crippen LogP contribution is 2.31. The van der Waals surface area contributed by atoms with E-state index in [1.807, 2.05) is 0 Å². The normalized spacial score (nSPS) is 11.4. The van der Waals surface area contributed by atoms with Gasteiger partial charge in [0, 0.05) is 5.39 Å². The van der Waals surface area contributed by atoms with E-state index in [1.165, 1.54) is 12.1 Å². The Bertz CT molecular complexity index is 768. The summed E-state index contributed by atoms with van der Waals surface area (Å²) in [5.41, 5.74) is -0.115. The Morgan fingerprint density at radius 1 is 1.37 bits per heavy atom. The lowest BCUT2D eigenvalue weighted by atomic mass is 10.2. The van der Waals surface area contributed by atoms with E-state index in [9.17, 15) is 18.5 Å². The third kappa shape index (κ3) is 2.32. The summed E-state index contributed by atoms with van der Waals surface area (Å²) in [5, 5.41) is 11.2. The van der Waals surface area contributed by atoms with Gasteiger partial charge in [-0.3, -0.25) is 10.1 Å². The summed E-state index contributed by atoms with van der Waals surface area (Å²) in [6, 6.07) is 6.41. The van der Waals surface area contributed by atoms with Crippen molar-refractivity contribution in [3.05, 3.63) is 53.2 Å². The van der Waals surface area contributed by atoms with E-state index in [0.717, 1.165) is 6.20 Å². The number of pyridine rings is 1. The first-order chi connectivity index (χ1) is 8.97. The molecule has 19 heavy (non-hydrogen) atoms. The molecule has 0 fully saturated rings. The third-order valence-corrected chi connectivity index (χ3v) is 4.28. The molecule has 98 valence electrons. The van der Waals surface area contributed by atoms with Gasteiger partial charge in [0.2, 0.25) is 0 Å². The number of sulfone groups is 1. The molecule has 0 aliphatic heterocycles. The third-order valence-electron chi connectivity index (χ3n) is 2.55. The summed E-state index contributed by atoms with van der Waals surface area (Å²) in [6.07, 6.45) is 2.17. The van der Waals surface area contributed by atoms with Crippen molar-refractivity contribution < 1.29 is 13.3 Å². The van der Waals surface area contributed by atoms with Crippen LogP contribution in [0.5, 0.6) is 0 Å². The maximum absolute atomic E-state index is 12.2. The van der Waals surface area contributed by atoms with Crippen LogP contribution in [0.2, 0.25) is 0 Å². The van der Waals surface area contributed by atoms with Gasteiger partial charge in [0.25, 0.3) is 0 Å². The first kappa shape index (κ1) is 13.2. The minimum absolute atomic E-state index is 0.249. The van der Waals surface area contributed by atoms with Crippen molar-refractivity contribution in [2.24, 2.45) is 0 Å². The molecule has 0 aliphatic carbocycles. The van der Waals surface area contributed by atoms with Crippen molar-refractivity contribution in [1.29, 1.82) is 0 Å². The van der Waals surface area contributed by atoms with E-state index in [-0.39, 0.29) is 16.0 Å². The van der Waals surface area contributed by atoms with E-state index in [4.69, 9.17) is 0 Å². The number of para-hydroxylation sites is 1. The number of hydrogen-bond donors (Lipinski definition) is 0. The van der Waals surface area contributed by atoms with Crippen LogP contribution in [0.4, 0.5) is 5.69 Å². The zero-order valence-corrected chi connectivity index (χ0v) is 10.6. The SMILES string of the molecule is C=CCS(=O)(=O)c1c([N+](=O)[O-])cnc2ccccc12. The van der Waals surface area contributed by atoms with Crippen molar-refractivity contribution in [2.75, 3.05) is 5.75 Å². The Labute approximate surface area is 109 Å². The Morgan fingerprint density at radius 3 is 2.68 bits per heavy atom. The summed E-state index contributed by atoms with van der Waals surface area (Å²) < 4.78 is 24.3. The zero-order valence-electron chi connectivity index (χ0n) is 9.81. The Kier molecular flexibility index (Phi) is 3.30. The number of fused-ring (bicyclic) bond motifs is 1. The second-order valence-electron chi connectivity index (χ2n) is 3.82. The van der Waals surface area contributed by atoms with Gasteiger partial charge < -0.3 is 0 Å². The largest absolute Gasteiger partial charge is 0.306 e. The van der Waals surface area contributed by atoms with Crippen molar-refractivity contribution in [2.45, 2.75) is 4.90 Å². The Hall–Kier alpha value is -2.28. The molecule has 0 unspecified atom stereocenters. The van der Waals surface area contributed by atoms with E-state index < -0.39 is 20.4 Å². The van der Waals surface area contributed by atoms with Crippen LogP contribution in [-0.2, 0) is 9.84 Å². The van der Waals surface area contributed by atoms with Crippen molar-refractivity contribution >= 4 is 26.4 Å². The molecular formula is C12H10N2O4S. The van der Waals surface area contributed by atoms with Gasteiger partial charge in [-0.2, -0.15) is 0 Å². The average Bonchev–Trinajstić information content (AvgIpc) is 2.37. The van der Waals surface area contributed by atoms with Crippen LogP contribution >= 0.6 is 0 Å². The molecule has 0 bridgehead atoms. The van der Waals surface area contributed by atoms with Gasteiger partial charge in [0.1, 0.15) is 6.20 Å². The van der Waals surface area contributed by atoms with E-state index in [0.29, 0.717) is 5.52 Å². The first-order valence-electron chi connectivity index (χ1n) is 5.33. The van der Waals surface area contributed by atoms with Gasteiger partial charge in [0.05, 0.1) is 16.2 Å². The van der Waals surface area contributed by atoms with Gasteiger partial charge in [0.15, 0.2) is 14.7 Å². The summed E-state index contributed by atoms with van der Waals surface area (Å²) in [7, 11) is -3.81. The molecule has 0 N–H and O–H groups in total. The number of rotatable bonds is 4. The Morgan fingerprint density at radius 2 is 2.05 bits per heavy atom. The predicted octanol–water partition coefficient (Wildman–Crippen LogP) is 2.10. The van der Waals surface area contributed by atoms with Crippen LogP contribution in [0.1, 0.15) is 0 Å². The van der Waals surface area contributed by atoms with Crippen LogP contribution in [0.15, 0.2) is 48.0 Å². The molecule has 1 heterocycles. The fraction of sp³-hybridized carbons (Fsp3) is 0.0833. The molecule has 2 rings (SSSR count). The Balaban J connectivity index is 2.92. The topological polar surface area (TPSA) is 90.2 Å². The van der Waals surface area contributed by atoms with Gasteiger partial charge in [-0.15, -0.1) is 6.58 Å². The predicted molar refractivity (Wildman–Crippen MR) is 70.6 cm³/mol. The fourth-order valence-corrected chi connectivity index (χ4v) is 3.23. The highest BCUT2D eigenvalue weighted by Gasteiger charge is 2.28. The van der Waals surface area contributed by atoms with Crippen molar-refractivity contribution in [3.63, 3.8) is 0 Å².